The first-order valence-corrected chi connectivity index (χ1v) is 21.6. The lowest BCUT2D eigenvalue weighted by Gasteiger charge is -2.04. The van der Waals surface area contributed by atoms with Crippen LogP contribution in [0.2, 0.25) is 0 Å². The molecule has 0 radical (unpaired) electrons. The summed E-state index contributed by atoms with van der Waals surface area (Å²) in [5.74, 6) is -1.31. The predicted octanol–water partition coefficient (Wildman–Crippen LogP) is 15.6. The predicted molar refractivity (Wildman–Crippen MR) is 211 cm³/mol. The van der Waals surface area contributed by atoms with Gasteiger partial charge in [-0.25, -0.2) is 0 Å². The van der Waals surface area contributed by atoms with Crippen LogP contribution in [0.25, 0.3) is 0 Å². The molecule has 0 fully saturated rings. The van der Waals surface area contributed by atoms with Crippen molar-refractivity contribution in [1.82, 2.24) is 0 Å². The molecule has 0 aromatic rings. The molecule has 0 amide bonds. The van der Waals surface area contributed by atoms with E-state index < -0.39 is 11.9 Å². The molecule has 0 aliphatic heterocycles. The quantitative estimate of drug-likeness (QED) is 0.0501. The number of rotatable bonds is 39. The van der Waals surface area contributed by atoms with Crippen molar-refractivity contribution in [3.05, 3.63) is 12.2 Å². The molecule has 0 heterocycles. The van der Waals surface area contributed by atoms with Crippen LogP contribution in [-0.4, -0.2) is 22.2 Å². The monoisotopic (exact) mass is 679 g/mol. The molecule has 0 atom stereocenters. The summed E-state index contributed by atoms with van der Waals surface area (Å²) in [6.07, 6.45) is 53.3. The van der Waals surface area contributed by atoms with Crippen molar-refractivity contribution in [2.24, 2.45) is 0 Å². The first kappa shape index (κ1) is 48.8. The van der Waals surface area contributed by atoms with Gasteiger partial charge in [-0.05, 0) is 38.5 Å². The average molecular weight is 679 g/mol. The van der Waals surface area contributed by atoms with Gasteiger partial charge in [0, 0.05) is 12.8 Å². The van der Waals surface area contributed by atoms with Crippen molar-refractivity contribution in [2.45, 2.75) is 258 Å². The third-order valence-electron chi connectivity index (χ3n) is 9.65. The standard InChI is InChI=1S/C26H52O2.C18H34O2/c1-2-3-4-5-6-7-8-9-10-11-12-13-14-15-16-17-18-19-20-21-22-23-24-25-26(27)28;1-2-3-4-5-6-7-8-9-10-11-12-13-14-15-16-17-18(19)20/h2-25H2,1H3,(H,27,28);7-8H,2-6,9-17H2,1H3,(H,19,20)/b;8-7-. The fourth-order valence-corrected chi connectivity index (χ4v) is 6.41. The second kappa shape index (κ2) is 45.7. The summed E-state index contributed by atoms with van der Waals surface area (Å²) in [7, 11) is 0. The summed E-state index contributed by atoms with van der Waals surface area (Å²) in [6.45, 7) is 4.54. The van der Waals surface area contributed by atoms with Crippen molar-refractivity contribution in [2.75, 3.05) is 0 Å². The number of carboxylic acids is 2. The van der Waals surface area contributed by atoms with Crippen molar-refractivity contribution < 1.29 is 19.8 Å². The third-order valence-corrected chi connectivity index (χ3v) is 9.65. The Morgan fingerprint density at radius 3 is 0.729 bits per heavy atom. The Kier molecular flexibility index (Phi) is 46.4. The minimum absolute atomic E-state index is 0.336. The van der Waals surface area contributed by atoms with E-state index in [0.29, 0.717) is 12.8 Å². The van der Waals surface area contributed by atoms with E-state index in [2.05, 4.69) is 26.0 Å². The van der Waals surface area contributed by atoms with E-state index in [1.165, 1.54) is 205 Å². The molecule has 286 valence electrons. The highest BCUT2D eigenvalue weighted by atomic mass is 16.4. The molecule has 0 rings (SSSR count). The van der Waals surface area contributed by atoms with E-state index in [0.717, 1.165) is 25.7 Å². The maximum Gasteiger partial charge on any atom is 0.303 e. The fourth-order valence-electron chi connectivity index (χ4n) is 6.41. The van der Waals surface area contributed by atoms with E-state index in [1.807, 2.05) is 0 Å². The summed E-state index contributed by atoms with van der Waals surface area (Å²) in [4.78, 5) is 20.7. The van der Waals surface area contributed by atoms with Gasteiger partial charge in [0.05, 0.1) is 0 Å². The van der Waals surface area contributed by atoms with Crippen LogP contribution < -0.4 is 0 Å². The molecule has 0 unspecified atom stereocenters. The number of hydrogen-bond acceptors (Lipinski definition) is 2. The van der Waals surface area contributed by atoms with Gasteiger partial charge >= 0.3 is 11.9 Å². The maximum atomic E-state index is 10.4. The van der Waals surface area contributed by atoms with Gasteiger partial charge in [-0.3, -0.25) is 9.59 Å². The van der Waals surface area contributed by atoms with E-state index in [-0.39, 0.29) is 0 Å². The van der Waals surface area contributed by atoms with Crippen LogP contribution in [0.4, 0.5) is 0 Å². The largest absolute Gasteiger partial charge is 0.481 e. The maximum absolute atomic E-state index is 10.4. The first-order valence-electron chi connectivity index (χ1n) is 21.6. The van der Waals surface area contributed by atoms with Gasteiger partial charge in [0.1, 0.15) is 0 Å². The van der Waals surface area contributed by atoms with Gasteiger partial charge in [-0.15, -0.1) is 0 Å². The molecule has 0 aliphatic rings. The SMILES string of the molecule is CCCCCC/C=C\CCCCCCCCCC(=O)O.CCCCCCCCCCCCCCCCCCCCCCCCCC(=O)O. The zero-order valence-corrected chi connectivity index (χ0v) is 32.7. The van der Waals surface area contributed by atoms with E-state index in [1.54, 1.807) is 0 Å². The molecule has 0 aromatic heterocycles. The summed E-state index contributed by atoms with van der Waals surface area (Å²) >= 11 is 0. The normalized spacial score (nSPS) is 11.2. The van der Waals surface area contributed by atoms with E-state index >= 15 is 0 Å². The molecule has 2 N–H and O–H groups in total. The van der Waals surface area contributed by atoms with Gasteiger partial charge in [-0.2, -0.15) is 0 Å². The average Bonchev–Trinajstić information content (AvgIpc) is 3.07. The van der Waals surface area contributed by atoms with Crippen LogP contribution in [0.1, 0.15) is 258 Å². The molecule has 4 heteroatoms. The van der Waals surface area contributed by atoms with Crippen molar-refractivity contribution in [3.63, 3.8) is 0 Å². The Bertz CT molecular complexity index is 644. The molecule has 48 heavy (non-hydrogen) atoms. The number of allylic oxidation sites excluding steroid dienone is 2. The third kappa shape index (κ3) is 51.5. The van der Waals surface area contributed by atoms with Crippen LogP contribution in [0.3, 0.4) is 0 Å². The Labute approximate surface area is 301 Å². The fraction of sp³-hybridized carbons (Fsp3) is 0.909. The van der Waals surface area contributed by atoms with Crippen molar-refractivity contribution in [3.8, 4) is 0 Å². The molecule has 0 spiro atoms. The van der Waals surface area contributed by atoms with Gasteiger partial charge in [0.25, 0.3) is 0 Å². The Morgan fingerprint density at radius 1 is 0.312 bits per heavy atom. The summed E-state index contributed by atoms with van der Waals surface area (Å²) in [5, 5.41) is 17.1. The second-order valence-electron chi connectivity index (χ2n) is 14.6. The summed E-state index contributed by atoms with van der Waals surface area (Å²) in [5.41, 5.74) is 0. The number of carbonyl (C=O) groups is 2. The molecule has 0 bridgehead atoms. The molecule has 0 saturated carbocycles. The highest BCUT2D eigenvalue weighted by Gasteiger charge is 1.99. The zero-order valence-electron chi connectivity index (χ0n) is 32.7. The molecule has 4 nitrogen and oxygen atoms in total. The van der Waals surface area contributed by atoms with Crippen LogP contribution in [0.5, 0.6) is 0 Å². The van der Waals surface area contributed by atoms with Crippen LogP contribution in [0.15, 0.2) is 12.2 Å². The van der Waals surface area contributed by atoms with Gasteiger partial charge < -0.3 is 10.2 Å². The number of unbranched alkanes of at least 4 members (excludes halogenated alkanes) is 33. The Balaban J connectivity index is 0. The molecule has 0 aromatic carbocycles. The van der Waals surface area contributed by atoms with Crippen LogP contribution in [0, 0.1) is 0 Å². The number of aliphatic carboxylic acids is 2. The van der Waals surface area contributed by atoms with Gasteiger partial charge in [0.2, 0.25) is 0 Å². The van der Waals surface area contributed by atoms with Crippen LogP contribution in [-0.2, 0) is 9.59 Å². The minimum Gasteiger partial charge on any atom is -0.481 e. The molecule has 0 saturated heterocycles. The highest BCUT2D eigenvalue weighted by Crippen LogP contribution is 2.16. The Hall–Kier alpha value is -1.32. The smallest absolute Gasteiger partial charge is 0.303 e. The van der Waals surface area contributed by atoms with E-state index in [9.17, 15) is 9.59 Å². The highest BCUT2D eigenvalue weighted by molar-refractivity contribution is 5.66. The minimum atomic E-state index is -0.661. The van der Waals surface area contributed by atoms with Crippen LogP contribution >= 0.6 is 0 Å². The lowest BCUT2D eigenvalue weighted by molar-refractivity contribution is -0.138. The second-order valence-corrected chi connectivity index (χ2v) is 14.6. The zero-order chi connectivity index (χ0) is 35.4. The summed E-state index contributed by atoms with van der Waals surface area (Å²) < 4.78 is 0. The molecular formula is C44H86O4. The lowest BCUT2D eigenvalue weighted by atomic mass is 10.0. The topological polar surface area (TPSA) is 74.6 Å². The van der Waals surface area contributed by atoms with Crippen molar-refractivity contribution >= 4 is 11.9 Å². The van der Waals surface area contributed by atoms with E-state index in [4.69, 9.17) is 10.2 Å². The number of hydrogen-bond donors (Lipinski definition) is 2. The van der Waals surface area contributed by atoms with Gasteiger partial charge in [0.15, 0.2) is 0 Å². The summed E-state index contributed by atoms with van der Waals surface area (Å²) in [6, 6.07) is 0. The first-order chi connectivity index (χ1) is 23.5. The van der Waals surface area contributed by atoms with Crippen molar-refractivity contribution in [1.29, 1.82) is 0 Å². The molecular weight excluding hydrogens is 592 g/mol. The van der Waals surface area contributed by atoms with Gasteiger partial charge in [-0.1, -0.05) is 219 Å². The lowest BCUT2D eigenvalue weighted by Crippen LogP contribution is -1.93. The Morgan fingerprint density at radius 2 is 0.500 bits per heavy atom. The number of carboxylic acid groups (broad SMARTS) is 2. The molecule has 0 aliphatic carbocycles.